The summed E-state index contributed by atoms with van der Waals surface area (Å²) >= 11 is 0. The van der Waals surface area contributed by atoms with Gasteiger partial charge >= 0.3 is 5.97 Å². The lowest BCUT2D eigenvalue weighted by Gasteiger charge is -2.03. The van der Waals surface area contributed by atoms with Gasteiger partial charge in [-0.2, -0.15) is 0 Å². The molecule has 52 valence electrons. The lowest BCUT2D eigenvalue weighted by molar-refractivity contribution is -0.137. The third kappa shape index (κ3) is 1.21. The quantitative estimate of drug-likeness (QED) is 0.540. The van der Waals surface area contributed by atoms with E-state index in [9.17, 15) is 4.79 Å². The number of hydrogen-bond donors (Lipinski definition) is 1. The molecular weight excluding hydrogens is 118 g/mol. The molecule has 0 aromatic rings. The van der Waals surface area contributed by atoms with Gasteiger partial charge in [0.1, 0.15) is 6.04 Å². The van der Waals surface area contributed by atoms with Gasteiger partial charge in [0.25, 0.3) is 0 Å². The van der Waals surface area contributed by atoms with E-state index in [-0.39, 0.29) is 6.04 Å². The zero-order valence-electron chi connectivity index (χ0n) is 5.66. The van der Waals surface area contributed by atoms with E-state index in [1.807, 2.05) is 18.7 Å². The second kappa shape index (κ2) is 1.99. The summed E-state index contributed by atoms with van der Waals surface area (Å²) in [6.45, 7) is 4.74. The van der Waals surface area contributed by atoms with Crippen LogP contribution in [0.15, 0.2) is 0 Å². The van der Waals surface area contributed by atoms with E-state index in [1.165, 1.54) is 0 Å². The van der Waals surface area contributed by atoms with Crippen LogP contribution in [0.3, 0.4) is 0 Å². The summed E-state index contributed by atoms with van der Waals surface area (Å²) in [6.07, 6.45) is 0. The maximum Gasteiger partial charge on any atom is 0.322 e. The van der Waals surface area contributed by atoms with Crippen molar-refractivity contribution in [2.24, 2.45) is 0 Å². The Bertz CT molecular complexity index is 133. The van der Waals surface area contributed by atoms with Crippen LogP contribution in [0, 0.1) is 0 Å². The standard InChI is InChI=1S/C6H11NO2/c1-4(2)7-3-5(7)6(8)9/h4-5H,3H2,1-2H3,(H,8,9). The van der Waals surface area contributed by atoms with E-state index < -0.39 is 5.97 Å². The van der Waals surface area contributed by atoms with Gasteiger partial charge in [0, 0.05) is 12.6 Å². The third-order valence-electron chi connectivity index (χ3n) is 1.60. The van der Waals surface area contributed by atoms with E-state index in [4.69, 9.17) is 5.11 Å². The molecule has 1 rings (SSSR count). The zero-order valence-corrected chi connectivity index (χ0v) is 5.66. The Balaban J connectivity index is 2.33. The van der Waals surface area contributed by atoms with E-state index in [0.717, 1.165) is 6.54 Å². The van der Waals surface area contributed by atoms with Crippen LogP contribution in [0.1, 0.15) is 13.8 Å². The highest BCUT2D eigenvalue weighted by atomic mass is 16.4. The minimum atomic E-state index is -0.691. The van der Waals surface area contributed by atoms with Crippen molar-refractivity contribution in [3.05, 3.63) is 0 Å². The van der Waals surface area contributed by atoms with Crippen molar-refractivity contribution in [1.29, 1.82) is 0 Å². The highest BCUT2D eigenvalue weighted by Gasteiger charge is 2.41. The molecule has 1 aliphatic rings. The summed E-state index contributed by atoms with van der Waals surface area (Å²) in [5.74, 6) is -0.691. The fourth-order valence-corrected chi connectivity index (χ4v) is 0.943. The molecule has 0 aromatic carbocycles. The molecule has 0 radical (unpaired) electrons. The first-order chi connectivity index (χ1) is 4.13. The van der Waals surface area contributed by atoms with Gasteiger partial charge in [0.15, 0.2) is 0 Å². The minimum Gasteiger partial charge on any atom is -0.480 e. The van der Waals surface area contributed by atoms with Gasteiger partial charge in [0.2, 0.25) is 0 Å². The first-order valence-electron chi connectivity index (χ1n) is 3.11. The molecule has 1 N–H and O–H groups in total. The molecule has 1 saturated heterocycles. The third-order valence-corrected chi connectivity index (χ3v) is 1.60. The fraction of sp³-hybridized carbons (Fsp3) is 0.833. The number of rotatable bonds is 2. The van der Waals surface area contributed by atoms with Crippen LogP contribution in [0.5, 0.6) is 0 Å². The molecule has 2 atom stereocenters. The highest BCUT2D eigenvalue weighted by molar-refractivity contribution is 5.76. The molecule has 0 amide bonds. The Morgan fingerprint density at radius 2 is 2.33 bits per heavy atom. The predicted octanol–water partition coefficient (Wildman–Crippen LogP) is 0.164. The van der Waals surface area contributed by atoms with Crippen LogP contribution in [0.4, 0.5) is 0 Å². The Morgan fingerprint density at radius 1 is 1.78 bits per heavy atom. The fourth-order valence-electron chi connectivity index (χ4n) is 0.943. The number of carbonyl (C=O) groups is 1. The number of nitrogens with zero attached hydrogens (tertiary/aromatic N) is 1. The maximum absolute atomic E-state index is 10.2. The normalized spacial score (nSPS) is 32.8. The van der Waals surface area contributed by atoms with Crippen LogP contribution in [0.25, 0.3) is 0 Å². The molecule has 0 aliphatic carbocycles. The number of aliphatic carboxylic acids is 1. The summed E-state index contributed by atoms with van der Waals surface area (Å²) in [5, 5.41) is 8.43. The molecule has 3 nitrogen and oxygen atoms in total. The van der Waals surface area contributed by atoms with Gasteiger partial charge in [-0.3, -0.25) is 9.69 Å². The molecule has 2 unspecified atom stereocenters. The number of carboxylic acids is 1. The molecule has 3 heteroatoms. The Labute approximate surface area is 54.3 Å². The molecule has 1 aliphatic heterocycles. The first kappa shape index (κ1) is 6.55. The van der Waals surface area contributed by atoms with Crippen molar-refractivity contribution in [1.82, 2.24) is 4.90 Å². The second-order valence-electron chi connectivity index (χ2n) is 2.64. The largest absolute Gasteiger partial charge is 0.480 e. The van der Waals surface area contributed by atoms with Crippen LogP contribution in [0.2, 0.25) is 0 Å². The molecule has 1 heterocycles. The monoisotopic (exact) mass is 129 g/mol. The molecular formula is C6H11NO2. The molecule has 0 aromatic heterocycles. The van der Waals surface area contributed by atoms with E-state index in [1.54, 1.807) is 0 Å². The van der Waals surface area contributed by atoms with Gasteiger partial charge < -0.3 is 5.11 Å². The first-order valence-corrected chi connectivity index (χ1v) is 3.11. The average molecular weight is 129 g/mol. The number of hydrogen-bond acceptors (Lipinski definition) is 2. The Morgan fingerprint density at radius 3 is 2.44 bits per heavy atom. The minimum absolute atomic E-state index is 0.190. The highest BCUT2D eigenvalue weighted by Crippen LogP contribution is 2.20. The van der Waals surface area contributed by atoms with E-state index in [2.05, 4.69) is 0 Å². The van der Waals surface area contributed by atoms with Crippen molar-refractivity contribution < 1.29 is 9.90 Å². The summed E-state index contributed by atoms with van der Waals surface area (Å²) < 4.78 is 0. The lowest BCUT2D eigenvalue weighted by atomic mass is 10.4. The summed E-state index contributed by atoms with van der Waals surface area (Å²) in [4.78, 5) is 12.2. The zero-order chi connectivity index (χ0) is 7.02. The van der Waals surface area contributed by atoms with E-state index in [0.29, 0.717) is 6.04 Å². The summed E-state index contributed by atoms with van der Waals surface area (Å²) in [5.41, 5.74) is 0. The van der Waals surface area contributed by atoms with Gasteiger partial charge in [0.05, 0.1) is 0 Å². The second-order valence-corrected chi connectivity index (χ2v) is 2.64. The van der Waals surface area contributed by atoms with Crippen LogP contribution in [-0.2, 0) is 4.79 Å². The molecule has 0 bridgehead atoms. The van der Waals surface area contributed by atoms with Crippen LogP contribution in [-0.4, -0.2) is 34.6 Å². The van der Waals surface area contributed by atoms with Crippen molar-refractivity contribution in [2.75, 3.05) is 6.54 Å². The van der Waals surface area contributed by atoms with Crippen molar-refractivity contribution >= 4 is 5.97 Å². The van der Waals surface area contributed by atoms with Crippen molar-refractivity contribution in [3.8, 4) is 0 Å². The van der Waals surface area contributed by atoms with Gasteiger partial charge in [-0.25, -0.2) is 0 Å². The molecule has 1 fully saturated rings. The van der Waals surface area contributed by atoms with Crippen LogP contribution < -0.4 is 0 Å². The van der Waals surface area contributed by atoms with Crippen molar-refractivity contribution in [2.45, 2.75) is 25.9 Å². The van der Waals surface area contributed by atoms with Crippen LogP contribution >= 0.6 is 0 Å². The van der Waals surface area contributed by atoms with Gasteiger partial charge in [-0.1, -0.05) is 0 Å². The summed E-state index contributed by atoms with van der Waals surface area (Å²) in [6, 6.07) is 0.191. The van der Waals surface area contributed by atoms with Crippen molar-refractivity contribution in [3.63, 3.8) is 0 Å². The molecule has 0 saturated carbocycles. The topological polar surface area (TPSA) is 40.3 Å². The van der Waals surface area contributed by atoms with E-state index >= 15 is 0 Å². The predicted molar refractivity (Wildman–Crippen MR) is 33.3 cm³/mol. The average Bonchev–Trinajstić information content (AvgIpc) is 2.39. The Hall–Kier alpha value is -0.570. The Kier molecular flexibility index (Phi) is 1.45. The molecule has 9 heavy (non-hydrogen) atoms. The lowest BCUT2D eigenvalue weighted by Crippen LogP contribution is -2.17. The van der Waals surface area contributed by atoms with Gasteiger partial charge in [-0.15, -0.1) is 0 Å². The molecule has 0 spiro atoms. The smallest absolute Gasteiger partial charge is 0.322 e. The van der Waals surface area contributed by atoms with Gasteiger partial charge in [-0.05, 0) is 13.8 Å². The number of carboxylic acid groups (broad SMARTS) is 1. The summed E-state index contributed by atoms with van der Waals surface area (Å²) in [7, 11) is 0. The SMILES string of the molecule is CC(C)N1CC1C(=O)O. The maximum atomic E-state index is 10.2.